The molecule has 0 fully saturated rings. The van der Waals surface area contributed by atoms with E-state index in [9.17, 15) is 18.0 Å². The number of rotatable bonds is 2. The molecule has 0 bridgehead atoms. The van der Waals surface area contributed by atoms with E-state index in [1.807, 2.05) is 0 Å². The summed E-state index contributed by atoms with van der Waals surface area (Å²) in [6.07, 6.45) is -2.37. The Morgan fingerprint density at radius 3 is 2.78 bits per heavy atom. The van der Waals surface area contributed by atoms with Crippen molar-refractivity contribution in [3.8, 4) is 0 Å². The van der Waals surface area contributed by atoms with Crippen molar-refractivity contribution in [3.05, 3.63) is 29.6 Å². The summed E-state index contributed by atoms with van der Waals surface area (Å²) in [5, 5.41) is 0. The van der Waals surface area contributed by atoms with Gasteiger partial charge < -0.3 is 5.73 Å². The zero-order valence-electron chi connectivity index (χ0n) is 9.79. The molecular formula is C12H13F3N2O. The number of hydrogen-bond acceptors (Lipinski definition) is 3. The van der Waals surface area contributed by atoms with E-state index in [1.165, 1.54) is 6.20 Å². The van der Waals surface area contributed by atoms with Gasteiger partial charge in [0.15, 0.2) is 11.3 Å². The molecule has 1 aromatic heterocycles. The smallest absolute Gasteiger partial charge is 0.312 e. The lowest BCUT2D eigenvalue weighted by Crippen LogP contribution is -2.58. The Morgan fingerprint density at radius 2 is 2.17 bits per heavy atom. The summed E-state index contributed by atoms with van der Waals surface area (Å²) < 4.78 is 38.2. The van der Waals surface area contributed by atoms with Gasteiger partial charge in [0.1, 0.15) is 0 Å². The van der Waals surface area contributed by atoms with Gasteiger partial charge in [0, 0.05) is 6.20 Å². The first-order valence-corrected chi connectivity index (χ1v) is 5.59. The molecule has 0 aromatic carbocycles. The molecule has 6 heteroatoms. The molecule has 1 aliphatic carbocycles. The van der Waals surface area contributed by atoms with Crippen molar-refractivity contribution in [2.75, 3.05) is 0 Å². The highest BCUT2D eigenvalue weighted by Gasteiger charge is 2.56. The molecule has 2 rings (SSSR count). The van der Waals surface area contributed by atoms with Crippen molar-refractivity contribution < 1.29 is 18.0 Å². The van der Waals surface area contributed by atoms with Crippen LogP contribution in [0.15, 0.2) is 18.3 Å². The first kappa shape index (κ1) is 13.0. The molecule has 2 atom stereocenters. The van der Waals surface area contributed by atoms with Crippen LogP contribution in [0.4, 0.5) is 13.2 Å². The topological polar surface area (TPSA) is 56.0 Å². The molecule has 1 aromatic rings. The van der Waals surface area contributed by atoms with Gasteiger partial charge in [-0.25, -0.2) is 0 Å². The maximum Gasteiger partial charge on any atom is 0.413 e. The maximum atomic E-state index is 12.7. The Kier molecular flexibility index (Phi) is 2.93. The Morgan fingerprint density at radius 1 is 1.50 bits per heavy atom. The van der Waals surface area contributed by atoms with Crippen molar-refractivity contribution in [3.63, 3.8) is 0 Å². The van der Waals surface area contributed by atoms with E-state index in [1.54, 1.807) is 12.1 Å². The summed E-state index contributed by atoms with van der Waals surface area (Å²) in [7, 11) is 0. The van der Waals surface area contributed by atoms with Crippen molar-refractivity contribution in [1.29, 1.82) is 0 Å². The quantitative estimate of drug-likeness (QED) is 0.882. The molecule has 3 nitrogen and oxygen atoms in total. The number of Topliss-reactive ketones (excluding diaryl/α,β-unsaturated/α-hetero) is 1. The summed E-state index contributed by atoms with van der Waals surface area (Å²) in [5.74, 6) is -1.86. The number of halogens is 3. The number of hydrogen-bond donors (Lipinski definition) is 1. The van der Waals surface area contributed by atoms with Crippen molar-refractivity contribution in [2.24, 2.45) is 5.73 Å². The number of nitrogens with zero attached hydrogens (tertiary/aromatic N) is 1. The van der Waals surface area contributed by atoms with Crippen LogP contribution in [0.2, 0.25) is 0 Å². The fraction of sp³-hybridized carbons (Fsp3) is 0.500. The van der Waals surface area contributed by atoms with E-state index in [2.05, 4.69) is 4.98 Å². The molecule has 98 valence electrons. The van der Waals surface area contributed by atoms with Crippen molar-refractivity contribution >= 4 is 5.78 Å². The summed E-state index contributed by atoms with van der Waals surface area (Å²) in [6, 6.07) is 3.48. The Labute approximate surface area is 102 Å². The average Bonchev–Trinajstić information content (AvgIpc) is 2.70. The minimum Gasteiger partial charge on any atom is -0.312 e. The van der Waals surface area contributed by atoms with Gasteiger partial charge in [-0.3, -0.25) is 9.78 Å². The highest BCUT2D eigenvalue weighted by atomic mass is 19.4. The summed E-state index contributed by atoms with van der Waals surface area (Å²) in [6.45, 7) is 0.719. The third kappa shape index (κ3) is 1.90. The lowest BCUT2D eigenvalue weighted by molar-refractivity contribution is -0.187. The van der Waals surface area contributed by atoms with E-state index in [4.69, 9.17) is 5.73 Å². The molecular weight excluding hydrogens is 245 g/mol. The third-order valence-electron chi connectivity index (χ3n) is 3.38. The number of carbonyl (C=O) groups excluding carboxylic acids is 1. The first-order valence-electron chi connectivity index (χ1n) is 5.59. The van der Waals surface area contributed by atoms with Gasteiger partial charge in [-0.2, -0.15) is 13.2 Å². The Hall–Kier alpha value is -1.43. The van der Waals surface area contributed by atoms with Crippen LogP contribution in [0.3, 0.4) is 0 Å². The minimum atomic E-state index is -4.75. The second-order valence-electron chi connectivity index (χ2n) is 4.70. The van der Waals surface area contributed by atoms with Crippen LogP contribution in [-0.4, -0.2) is 22.5 Å². The lowest BCUT2D eigenvalue weighted by Gasteiger charge is -2.28. The van der Waals surface area contributed by atoms with Gasteiger partial charge >= 0.3 is 6.18 Å². The Balaban J connectivity index is 2.33. The molecule has 0 saturated heterocycles. The molecule has 2 unspecified atom stereocenters. The SMILES string of the molecule is CC(N)(C(=O)C1CCc2cccnc21)C(F)(F)F. The number of alkyl halides is 3. The zero-order chi connectivity index (χ0) is 13.6. The minimum absolute atomic E-state index is 0.341. The predicted octanol–water partition coefficient (Wildman–Crippen LogP) is 1.96. The lowest BCUT2D eigenvalue weighted by atomic mass is 9.86. The standard InChI is InChI=1S/C12H13F3N2O/c1-11(16,12(13,14)15)10(18)8-5-4-7-3-2-6-17-9(7)8/h2-3,6,8H,4-5,16H2,1H3. The zero-order valence-corrected chi connectivity index (χ0v) is 9.79. The molecule has 0 saturated carbocycles. The van der Waals surface area contributed by atoms with Gasteiger partial charge in [0.2, 0.25) is 0 Å². The van der Waals surface area contributed by atoms with Crippen LogP contribution in [0.25, 0.3) is 0 Å². The van der Waals surface area contributed by atoms with Crippen LogP contribution in [0.5, 0.6) is 0 Å². The molecule has 0 spiro atoms. The third-order valence-corrected chi connectivity index (χ3v) is 3.38. The fourth-order valence-corrected chi connectivity index (χ4v) is 2.17. The van der Waals surface area contributed by atoms with E-state index < -0.39 is 23.4 Å². The van der Waals surface area contributed by atoms with Crippen LogP contribution in [0, 0.1) is 0 Å². The first-order chi connectivity index (χ1) is 8.25. The van der Waals surface area contributed by atoms with Crippen molar-refractivity contribution in [2.45, 2.75) is 37.4 Å². The van der Waals surface area contributed by atoms with Gasteiger partial charge in [-0.05, 0) is 31.4 Å². The average molecular weight is 258 g/mol. The largest absolute Gasteiger partial charge is 0.413 e. The maximum absolute atomic E-state index is 12.7. The van der Waals surface area contributed by atoms with Gasteiger partial charge in [-0.15, -0.1) is 0 Å². The summed E-state index contributed by atoms with van der Waals surface area (Å²) in [5.41, 5.74) is 3.61. The second-order valence-corrected chi connectivity index (χ2v) is 4.70. The molecule has 2 N–H and O–H groups in total. The summed E-state index contributed by atoms with van der Waals surface area (Å²) in [4.78, 5) is 16.0. The molecule has 18 heavy (non-hydrogen) atoms. The number of aromatic nitrogens is 1. The highest BCUT2D eigenvalue weighted by Crippen LogP contribution is 2.38. The van der Waals surface area contributed by atoms with Crippen LogP contribution in [-0.2, 0) is 11.2 Å². The summed E-state index contributed by atoms with van der Waals surface area (Å²) >= 11 is 0. The molecule has 1 heterocycles. The normalized spacial score (nSPS) is 22.4. The number of ketones is 1. The van der Waals surface area contributed by atoms with Gasteiger partial charge in [0.25, 0.3) is 0 Å². The molecule has 1 aliphatic rings. The second kappa shape index (κ2) is 4.05. The van der Waals surface area contributed by atoms with E-state index >= 15 is 0 Å². The van der Waals surface area contributed by atoms with E-state index in [0.29, 0.717) is 18.5 Å². The van der Waals surface area contributed by atoms with E-state index in [0.717, 1.165) is 12.5 Å². The highest BCUT2D eigenvalue weighted by molar-refractivity contribution is 5.94. The molecule has 0 amide bonds. The molecule has 0 radical (unpaired) electrons. The van der Waals surface area contributed by atoms with E-state index in [-0.39, 0.29) is 0 Å². The number of fused-ring (bicyclic) bond motifs is 1. The Bertz CT molecular complexity index is 482. The van der Waals surface area contributed by atoms with Crippen LogP contribution in [0.1, 0.15) is 30.5 Å². The number of aryl methyl sites for hydroxylation is 1. The molecule has 0 aliphatic heterocycles. The van der Waals surface area contributed by atoms with Crippen molar-refractivity contribution in [1.82, 2.24) is 4.98 Å². The van der Waals surface area contributed by atoms with Gasteiger partial charge in [0.05, 0.1) is 11.6 Å². The predicted molar refractivity (Wildman–Crippen MR) is 59.0 cm³/mol. The van der Waals surface area contributed by atoms with Gasteiger partial charge in [-0.1, -0.05) is 6.07 Å². The monoisotopic (exact) mass is 258 g/mol. The van der Waals surface area contributed by atoms with Crippen LogP contribution < -0.4 is 5.73 Å². The number of pyridine rings is 1. The number of carbonyl (C=O) groups is 1. The van der Waals surface area contributed by atoms with Crippen LogP contribution >= 0.6 is 0 Å². The fourth-order valence-electron chi connectivity index (χ4n) is 2.17. The number of nitrogens with two attached hydrogens (primary N) is 1.